The number of fused-ring (bicyclic) bond motifs is 1. The standard InChI is InChI=1S/C18H13ClN4O3S/c19-14-6-5-11(23(25)26)9-15(14)21-17-16-13(4-1-7-20-16)18(24)22(17)10-12-3-2-8-27-12/h1-9,17,21H,10H2/t17-/m1/s1. The van der Waals surface area contributed by atoms with Gasteiger partial charge >= 0.3 is 0 Å². The van der Waals surface area contributed by atoms with E-state index in [0.29, 0.717) is 28.5 Å². The molecule has 1 N–H and O–H groups in total. The van der Waals surface area contributed by atoms with Crippen LogP contribution in [0.15, 0.2) is 54.0 Å². The molecule has 1 aromatic carbocycles. The van der Waals surface area contributed by atoms with Crippen molar-refractivity contribution in [3.8, 4) is 0 Å². The molecule has 0 fully saturated rings. The van der Waals surface area contributed by atoms with Crippen LogP contribution >= 0.6 is 22.9 Å². The van der Waals surface area contributed by atoms with Crippen molar-refractivity contribution in [2.24, 2.45) is 0 Å². The quantitative estimate of drug-likeness (QED) is 0.504. The second kappa shape index (κ2) is 6.98. The van der Waals surface area contributed by atoms with Crippen LogP contribution in [0.3, 0.4) is 0 Å². The number of nitrogens with zero attached hydrogens (tertiary/aromatic N) is 3. The summed E-state index contributed by atoms with van der Waals surface area (Å²) < 4.78 is 0. The van der Waals surface area contributed by atoms with Crippen molar-refractivity contribution in [2.75, 3.05) is 5.32 Å². The molecule has 1 aliphatic heterocycles. The Morgan fingerprint density at radius 3 is 2.89 bits per heavy atom. The first-order valence-corrected chi connectivity index (χ1v) is 9.29. The highest BCUT2D eigenvalue weighted by Gasteiger charge is 2.38. The van der Waals surface area contributed by atoms with Crippen LogP contribution in [0.25, 0.3) is 0 Å². The minimum absolute atomic E-state index is 0.0859. The highest BCUT2D eigenvalue weighted by molar-refractivity contribution is 7.09. The van der Waals surface area contributed by atoms with E-state index in [-0.39, 0.29) is 11.6 Å². The van der Waals surface area contributed by atoms with Gasteiger partial charge in [-0.25, -0.2) is 0 Å². The van der Waals surface area contributed by atoms with E-state index in [0.717, 1.165) is 4.88 Å². The Bertz CT molecular complexity index is 1030. The van der Waals surface area contributed by atoms with E-state index in [1.807, 2.05) is 17.5 Å². The van der Waals surface area contributed by atoms with Crippen molar-refractivity contribution in [3.63, 3.8) is 0 Å². The van der Waals surface area contributed by atoms with Gasteiger partial charge in [0, 0.05) is 23.2 Å². The Hall–Kier alpha value is -2.97. The van der Waals surface area contributed by atoms with Gasteiger partial charge in [-0.15, -0.1) is 11.3 Å². The molecular formula is C18H13ClN4O3S. The Morgan fingerprint density at radius 2 is 2.15 bits per heavy atom. The molecule has 1 amide bonds. The maximum atomic E-state index is 12.9. The third kappa shape index (κ3) is 3.24. The van der Waals surface area contributed by atoms with Crippen molar-refractivity contribution in [2.45, 2.75) is 12.7 Å². The summed E-state index contributed by atoms with van der Waals surface area (Å²) in [5.41, 5.74) is 1.37. The van der Waals surface area contributed by atoms with E-state index < -0.39 is 11.1 Å². The number of hydrogen-bond donors (Lipinski definition) is 1. The number of halogens is 1. The predicted molar refractivity (Wildman–Crippen MR) is 103 cm³/mol. The summed E-state index contributed by atoms with van der Waals surface area (Å²) in [7, 11) is 0. The number of amides is 1. The first kappa shape index (κ1) is 17.4. The first-order chi connectivity index (χ1) is 13.0. The molecule has 136 valence electrons. The lowest BCUT2D eigenvalue weighted by molar-refractivity contribution is -0.384. The number of nitro groups is 1. The minimum Gasteiger partial charge on any atom is -0.359 e. The van der Waals surface area contributed by atoms with Gasteiger partial charge in [-0.1, -0.05) is 17.7 Å². The van der Waals surface area contributed by atoms with Gasteiger partial charge in [0.1, 0.15) is 6.17 Å². The lowest BCUT2D eigenvalue weighted by Crippen LogP contribution is -2.31. The molecule has 9 heteroatoms. The molecule has 4 rings (SSSR count). The smallest absolute Gasteiger partial charge is 0.271 e. The number of carbonyl (C=O) groups excluding carboxylic acids is 1. The number of rotatable bonds is 5. The molecule has 27 heavy (non-hydrogen) atoms. The molecule has 3 aromatic rings. The summed E-state index contributed by atoms with van der Waals surface area (Å²) in [6, 6.07) is 11.5. The van der Waals surface area contributed by atoms with E-state index in [1.165, 1.54) is 18.2 Å². The molecule has 0 bridgehead atoms. The molecule has 7 nitrogen and oxygen atoms in total. The number of non-ortho nitro benzene ring substituents is 1. The molecular weight excluding hydrogens is 388 g/mol. The number of pyridine rings is 1. The molecule has 0 spiro atoms. The zero-order valence-electron chi connectivity index (χ0n) is 13.8. The van der Waals surface area contributed by atoms with Crippen LogP contribution < -0.4 is 5.32 Å². The van der Waals surface area contributed by atoms with Gasteiger partial charge in [0.25, 0.3) is 11.6 Å². The molecule has 1 aliphatic rings. The topological polar surface area (TPSA) is 88.4 Å². The van der Waals surface area contributed by atoms with Gasteiger partial charge in [0.05, 0.1) is 33.4 Å². The van der Waals surface area contributed by atoms with Crippen molar-refractivity contribution >= 4 is 40.2 Å². The molecule has 1 atom stereocenters. The summed E-state index contributed by atoms with van der Waals surface area (Å²) in [6.45, 7) is 0.400. The van der Waals surface area contributed by atoms with E-state index in [2.05, 4.69) is 10.3 Å². The second-order valence-electron chi connectivity index (χ2n) is 5.92. The normalized spacial score (nSPS) is 15.7. The summed E-state index contributed by atoms with van der Waals surface area (Å²) >= 11 is 7.78. The summed E-state index contributed by atoms with van der Waals surface area (Å²) in [4.78, 5) is 30.5. The first-order valence-electron chi connectivity index (χ1n) is 8.03. The molecule has 0 radical (unpaired) electrons. The average Bonchev–Trinajstić information content (AvgIpc) is 3.26. The average molecular weight is 401 g/mol. The lowest BCUT2D eigenvalue weighted by atomic mass is 10.2. The molecule has 2 aromatic heterocycles. The molecule has 0 unspecified atom stereocenters. The number of hydrogen-bond acceptors (Lipinski definition) is 6. The Kier molecular flexibility index (Phi) is 4.51. The molecule has 0 aliphatic carbocycles. The van der Waals surface area contributed by atoms with E-state index in [9.17, 15) is 14.9 Å². The van der Waals surface area contributed by atoms with Crippen molar-refractivity contribution in [1.82, 2.24) is 9.88 Å². The van der Waals surface area contributed by atoms with Gasteiger partial charge in [0.2, 0.25) is 0 Å². The van der Waals surface area contributed by atoms with E-state index in [4.69, 9.17) is 11.6 Å². The van der Waals surface area contributed by atoms with Crippen LogP contribution in [0.1, 0.15) is 27.1 Å². The van der Waals surface area contributed by atoms with Crippen LogP contribution in [0.4, 0.5) is 11.4 Å². The monoisotopic (exact) mass is 400 g/mol. The van der Waals surface area contributed by atoms with E-state index in [1.54, 1.807) is 34.6 Å². The third-order valence-electron chi connectivity index (χ3n) is 4.26. The minimum atomic E-state index is -0.574. The number of nitrogens with one attached hydrogen (secondary N) is 1. The summed E-state index contributed by atoms with van der Waals surface area (Å²) in [5.74, 6) is -0.148. The molecule has 0 saturated heterocycles. The van der Waals surface area contributed by atoms with Crippen LogP contribution in [0.5, 0.6) is 0 Å². The highest BCUT2D eigenvalue weighted by atomic mass is 35.5. The number of aromatic nitrogens is 1. The van der Waals surface area contributed by atoms with Crippen LogP contribution in [-0.2, 0) is 6.54 Å². The van der Waals surface area contributed by atoms with E-state index >= 15 is 0 Å². The SMILES string of the molecule is O=C1c2cccnc2[C@H](Nc2cc([N+](=O)[O-])ccc2Cl)N1Cc1cccs1. The number of thiophene rings is 1. The Morgan fingerprint density at radius 1 is 1.30 bits per heavy atom. The fourth-order valence-electron chi connectivity index (χ4n) is 3.00. The molecule has 0 saturated carbocycles. The Labute approximate surface area is 163 Å². The maximum absolute atomic E-state index is 12.9. The van der Waals surface area contributed by atoms with Gasteiger partial charge in [-0.3, -0.25) is 19.9 Å². The zero-order valence-corrected chi connectivity index (χ0v) is 15.4. The van der Waals surface area contributed by atoms with Gasteiger partial charge in [-0.2, -0.15) is 0 Å². The van der Waals surface area contributed by atoms with Crippen molar-refractivity contribution in [3.05, 3.63) is 85.3 Å². The maximum Gasteiger partial charge on any atom is 0.271 e. The van der Waals surface area contributed by atoms with Crippen LogP contribution in [0.2, 0.25) is 5.02 Å². The fourth-order valence-corrected chi connectivity index (χ4v) is 3.88. The summed E-state index contributed by atoms with van der Waals surface area (Å²) in [5, 5.41) is 16.5. The summed E-state index contributed by atoms with van der Waals surface area (Å²) in [6.07, 6.45) is 1.04. The second-order valence-corrected chi connectivity index (χ2v) is 7.36. The van der Waals surface area contributed by atoms with Crippen molar-refractivity contribution < 1.29 is 9.72 Å². The van der Waals surface area contributed by atoms with Crippen molar-refractivity contribution in [1.29, 1.82) is 0 Å². The predicted octanol–water partition coefficient (Wildman–Crippen LogP) is 4.47. The fraction of sp³-hybridized carbons (Fsp3) is 0.111. The highest BCUT2D eigenvalue weighted by Crippen LogP contribution is 2.37. The third-order valence-corrected chi connectivity index (χ3v) is 5.45. The molecule has 3 heterocycles. The number of benzene rings is 1. The van der Waals surface area contributed by atoms with Gasteiger partial charge in [0.15, 0.2) is 0 Å². The van der Waals surface area contributed by atoms with Gasteiger partial charge in [-0.05, 0) is 29.6 Å². The zero-order chi connectivity index (χ0) is 19.0. The number of carbonyl (C=O) groups is 1. The largest absolute Gasteiger partial charge is 0.359 e. The van der Waals surface area contributed by atoms with Crippen LogP contribution in [0, 0.1) is 10.1 Å². The number of nitro benzene ring substituents is 1. The van der Waals surface area contributed by atoms with Crippen LogP contribution in [-0.4, -0.2) is 20.7 Å². The number of anilines is 1. The Balaban J connectivity index is 1.73. The lowest BCUT2D eigenvalue weighted by Gasteiger charge is -2.26. The van der Waals surface area contributed by atoms with Gasteiger partial charge < -0.3 is 10.2 Å².